The SMILES string of the molecule is CCOCC(O)c1sccc1Cl. The van der Waals surface area contributed by atoms with Crippen LogP contribution in [0.2, 0.25) is 5.02 Å². The third kappa shape index (κ3) is 2.45. The van der Waals surface area contributed by atoms with Crippen LogP contribution in [0.15, 0.2) is 11.4 Å². The minimum absolute atomic E-state index is 0.316. The van der Waals surface area contributed by atoms with E-state index >= 15 is 0 Å². The quantitative estimate of drug-likeness (QED) is 0.820. The van der Waals surface area contributed by atoms with Crippen LogP contribution in [0.5, 0.6) is 0 Å². The number of aliphatic hydroxyl groups is 1. The molecule has 1 rings (SSSR count). The van der Waals surface area contributed by atoms with Gasteiger partial charge in [0, 0.05) is 6.61 Å². The lowest BCUT2D eigenvalue weighted by Crippen LogP contribution is -2.05. The highest BCUT2D eigenvalue weighted by Crippen LogP contribution is 2.28. The number of aliphatic hydroxyl groups excluding tert-OH is 1. The van der Waals surface area contributed by atoms with Crippen LogP contribution in [0.3, 0.4) is 0 Å². The van der Waals surface area contributed by atoms with Gasteiger partial charge in [-0.1, -0.05) is 11.6 Å². The molecule has 68 valence electrons. The highest BCUT2D eigenvalue weighted by molar-refractivity contribution is 7.10. The average Bonchev–Trinajstić information content (AvgIpc) is 2.47. The van der Waals surface area contributed by atoms with Crippen molar-refractivity contribution in [3.8, 4) is 0 Å². The fraction of sp³-hybridized carbons (Fsp3) is 0.500. The number of hydrogen-bond donors (Lipinski definition) is 1. The van der Waals surface area contributed by atoms with Gasteiger partial charge in [0.2, 0.25) is 0 Å². The Balaban J connectivity index is 2.52. The van der Waals surface area contributed by atoms with Gasteiger partial charge < -0.3 is 9.84 Å². The van der Waals surface area contributed by atoms with Crippen molar-refractivity contribution < 1.29 is 9.84 Å². The highest BCUT2D eigenvalue weighted by atomic mass is 35.5. The first-order chi connectivity index (χ1) is 5.75. The van der Waals surface area contributed by atoms with E-state index in [-0.39, 0.29) is 0 Å². The monoisotopic (exact) mass is 206 g/mol. The van der Waals surface area contributed by atoms with Crippen molar-refractivity contribution in [1.29, 1.82) is 0 Å². The van der Waals surface area contributed by atoms with Crippen LogP contribution in [0.25, 0.3) is 0 Å². The van der Waals surface area contributed by atoms with Crippen molar-refractivity contribution in [2.75, 3.05) is 13.2 Å². The second-order valence-corrected chi connectivity index (χ2v) is 3.66. The minimum Gasteiger partial charge on any atom is -0.385 e. The average molecular weight is 207 g/mol. The summed E-state index contributed by atoms with van der Waals surface area (Å²) in [4.78, 5) is 0.783. The van der Waals surface area contributed by atoms with E-state index < -0.39 is 6.10 Å². The molecule has 0 aliphatic heterocycles. The van der Waals surface area contributed by atoms with E-state index in [0.29, 0.717) is 18.2 Å². The molecule has 0 aliphatic rings. The van der Waals surface area contributed by atoms with Crippen LogP contribution in [0, 0.1) is 0 Å². The van der Waals surface area contributed by atoms with Crippen LogP contribution >= 0.6 is 22.9 Å². The van der Waals surface area contributed by atoms with Crippen molar-refractivity contribution in [3.05, 3.63) is 21.3 Å². The third-order valence-electron chi connectivity index (χ3n) is 1.43. The van der Waals surface area contributed by atoms with E-state index in [1.54, 1.807) is 6.07 Å². The molecule has 1 aromatic heterocycles. The van der Waals surface area contributed by atoms with Crippen LogP contribution in [-0.2, 0) is 4.74 Å². The molecular formula is C8H11ClO2S. The third-order valence-corrected chi connectivity index (χ3v) is 2.89. The molecule has 0 bridgehead atoms. The second kappa shape index (κ2) is 4.82. The molecule has 1 heterocycles. The van der Waals surface area contributed by atoms with Gasteiger partial charge in [-0.3, -0.25) is 0 Å². The maximum atomic E-state index is 9.52. The van der Waals surface area contributed by atoms with Crippen molar-refractivity contribution in [2.24, 2.45) is 0 Å². The Kier molecular flexibility index (Phi) is 4.01. The summed E-state index contributed by atoms with van der Waals surface area (Å²) in [5, 5.41) is 12.0. The summed E-state index contributed by atoms with van der Waals surface area (Å²) in [6, 6.07) is 1.77. The number of ether oxygens (including phenoxy) is 1. The number of rotatable bonds is 4. The Hall–Kier alpha value is -0.0900. The lowest BCUT2D eigenvalue weighted by Gasteiger charge is -2.08. The van der Waals surface area contributed by atoms with Crippen LogP contribution in [0.4, 0.5) is 0 Å². The molecule has 4 heteroatoms. The molecule has 2 nitrogen and oxygen atoms in total. The molecule has 1 aromatic rings. The maximum Gasteiger partial charge on any atom is 0.113 e. The molecule has 1 atom stereocenters. The van der Waals surface area contributed by atoms with Gasteiger partial charge in [-0.2, -0.15) is 0 Å². The van der Waals surface area contributed by atoms with Crippen molar-refractivity contribution in [2.45, 2.75) is 13.0 Å². The normalized spacial score (nSPS) is 13.2. The first-order valence-electron chi connectivity index (χ1n) is 3.74. The van der Waals surface area contributed by atoms with Gasteiger partial charge in [-0.25, -0.2) is 0 Å². The summed E-state index contributed by atoms with van der Waals surface area (Å²) in [5.41, 5.74) is 0. The van der Waals surface area contributed by atoms with E-state index in [9.17, 15) is 5.11 Å². The molecule has 0 aromatic carbocycles. The van der Waals surface area contributed by atoms with Gasteiger partial charge in [0.15, 0.2) is 0 Å². The second-order valence-electron chi connectivity index (χ2n) is 2.31. The summed E-state index contributed by atoms with van der Waals surface area (Å²) in [6.07, 6.45) is -0.586. The zero-order valence-corrected chi connectivity index (χ0v) is 8.36. The zero-order chi connectivity index (χ0) is 8.97. The largest absolute Gasteiger partial charge is 0.385 e. The van der Waals surface area contributed by atoms with E-state index in [1.165, 1.54) is 11.3 Å². The summed E-state index contributed by atoms with van der Waals surface area (Å²) >= 11 is 7.25. The van der Waals surface area contributed by atoms with Gasteiger partial charge >= 0.3 is 0 Å². The summed E-state index contributed by atoms with van der Waals surface area (Å²) in [5.74, 6) is 0. The highest BCUT2D eigenvalue weighted by Gasteiger charge is 2.12. The predicted octanol–water partition coefficient (Wildman–Crippen LogP) is 2.47. The van der Waals surface area contributed by atoms with Gasteiger partial charge in [0.1, 0.15) is 6.10 Å². The molecule has 0 radical (unpaired) electrons. The standard InChI is InChI=1S/C8H11ClO2S/c1-2-11-5-7(10)8-6(9)3-4-12-8/h3-4,7,10H,2,5H2,1H3. The Morgan fingerprint density at radius 3 is 3.00 bits per heavy atom. The van der Waals surface area contributed by atoms with E-state index in [1.807, 2.05) is 12.3 Å². The summed E-state index contributed by atoms with van der Waals surface area (Å²) in [6.45, 7) is 2.82. The molecule has 0 amide bonds. The first kappa shape index (κ1) is 9.99. The number of hydrogen-bond acceptors (Lipinski definition) is 3. The van der Waals surface area contributed by atoms with Crippen LogP contribution in [-0.4, -0.2) is 18.3 Å². The lowest BCUT2D eigenvalue weighted by atomic mass is 10.3. The van der Waals surface area contributed by atoms with Crippen molar-refractivity contribution in [3.63, 3.8) is 0 Å². The Bertz CT molecular complexity index is 237. The van der Waals surface area contributed by atoms with Gasteiger partial charge in [-0.15, -0.1) is 11.3 Å². The molecule has 0 aliphatic carbocycles. The van der Waals surface area contributed by atoms with E-state index in [2.05, 4.69) is 0 Å². The fourth-order valence-electron chi connectivity index (χ4n) is 0.848. The lowest BCUT2D eigenvalue weighted by molar-refractivity contribution is 0.0439. The molecule has 1 unspecified atom stereocenters. The predicted molar refractivity (Wildman–Crippen MR) is 50.8 cm³/mol. The molecule has 1 N–H and O–H groups in total. The fourth-order valence-corrected chi connectivity index (χ4v) is 2.00. The Morgan fingerprint density at radius 2 is 2.50 bits per heavy atom. The molecular weight excluding hydrogens is 196 g/mol. The van der Waals surface area contributed by atoms with Crippen molar-refractivity contribution >= 4 is 22.9 Å². The van der Waals surface area contributed by atoms with Gasteiger partial charge in [0.25, 0.3) is 0 Å². The van der Waals surface area contributed by atoms with Crippen LogP contribution < -0.4 is 0 Å². The van der Waals surface area contributed by atoms with Gasteiger partial charge in [-0.05, 0) is 18.4 Å². The summed E-state index contributed by atoms with van der Waals surface area (Å²) < 4.78 is 5.07. The number of halogens is 1. The van der Waals surface area contributed by atoms with Gasteiger partial charge in [0.05, 0.1) is 16.5 Å². The topological polar surface area (TPSA) is 29.5 Å². The Labute approximate surface area is 80.7 Å². The van der Waals surface area contributed by atoms with E-state index in [4.69, 9.17) is 16.3 Å². The van der Waals surface area contributed by atoms with Crippen molar-refractivity contribution in [1.82, 2.24) is 0 Å². The molecule has 12 heavy (non-hydrogen) atoms. The minimum atomic E-state index is -0.586. The zero-order valence-electron chi connectivity index (χ0n) is 6.79. The molecule has 0 spiro atoms. The smallest absolute Gasteiger partial charge is 0.113 e. The molecule has 0 fully saturated rings. The van der Waals surface area contributed by atoms with E-state index in [0.717, 1.165) is 4.88 Å². The molecule has 0 saturated carbocycles. The Morgan fingerprint density at radius 1 is 1.75 bits per heavy atom. The molecule has 0 saturated heterocycles. The van der Waals surface area contributed by atoms with Crippen LogP contribution in [0.1, 0.15) is 17.9 Å². The number of thiophene rings is 1. The maximum absolute atomic E-state index is 9.52. The summed E-state index contributed by atoms with van der Waals surface area (Å²) in [7, 11) is 0. The first-order valence-corrected chi connectivity index (χ1v) is 5.00.